The summed E-state index contributed by atoms with van der Waals surface area (Å²) in [6.45, 7) is 13.4. The van der Waals surface area contributed by atoms with Gasteiger partial charge in [-0.2, -0.15) is 5.26 Å². The summed E-state index contributed by atoms with van der Waals surface area (Å²) in [4.78, 5) is 23.5. The number of benzene rings is 10. The van der Waals surface area contributed by atoms with Crippen LogP contribution in [-0.4, -0.2) is 34.1 Å². The fourth-order valence-electron chi connectivity index (χ4n) is 13.6. The molecule has 0 radical (unpaired) electrons. The van der Waals surface area contributed by atoms with Crippen molar-refractivity contribution in [3.63, 3.8) is 0 Å². The molecule has 7 aromatic heterocycles. The van der Waals surface area contributed by atoms with Crippen molar-refractivity contribution >= 4 is 100 Å². The van der Waals surface area contributed by atoms with Crippen molar-refractivity contribution in [2.45, 2.75) is 60.8 Å². The van der Waals surface area contributed by atoms with Crippen molar-refractivity contribution in [1.29, 1.82) is 5.26 Å². The van der Waals surface area contributed by atoms with Gasteiger partial charge in [0.2, 0.25) is 0 Å². The zero-order valence-electron chi connectivity index (χ0n) is 60.1. The van der Waals surface area contributed by atoms with E-state index < -0.39 is 16.5 Å². The number of hydrogen-bond acceptors (Lipinski definition) is 6. The monoisotopic (exact) mass is 1860 g/mol. The Morgan fingerprint density at radius 2 is 0.907 bits per heavy atom. The van der Waals surface area contributed by atoms with Crippen LogP contribution in [0.15, 0.2) is 308 Å². The van der Waals surface area contributed by atoms with Crippen LogP contribution in [0.3, 0.4) is 0 Å². The van der Waals surface area contributed by atoms with E-state index >= 15 is 0 Å². The third-order valence-corrected chi connectivity index (χ3v) is 18.7. The molecule has 0 unspecified atom stereocenters. The number of aromatic nitrogens is 7. The molecule has 10 aromatic carbocycles. The van der Waals surface area contributed by atoms with Crippen molar-refractivity contribution in [1.82, 2.24) is 34.1 Å². The second kappa shape index (κ2) is 36.5. The van der Waals surface area contributed by atoms with Crippen LogP contribution in [0, 0.1) is 41.2 Å². The van der Waals surface area contributed by atoms with Gasteiger partial charge in [0.1, 0.15) is 0 Å². The van der Waals surface area contributed by atoms with Crippen molar-refractivity contribution in [2.75, 3.05) is 0 Å². The van der Waals surface area contributed by atoms with E-state index in [4.69, 9.17) is 39.1 Å². The van der Waals surface area contributed by atoms with Crippen molar-refractivity contribution in [2.24, 2.45) is 17.8 Å². The molecule has 7 heterocycles. The van der Waals surface area contributed by atoms with Crippen LogP contribution in [0.4, 0.5) is 0 Å². The number of nitriles is 1. The van der Waals surface area contributed by atoms with Crippen LogP contribution in [0.1, 0.15) is 63.8 Å². The van der Waals surface area contributed by atoms with Gasteiger partial charge in [-0.1, -0.05) is 232 Å². The number of pyridine rings is 5. The first-order valence-electron chi connectivity index (χ1n) is 35.5. The smallest absolute Gasteiger partial charge is 2.00 e. The molecule has 0 atom stereocenters. The normalized spacial score (nSPS) is 11.0. The number of para-hydroxylation sites is 4. The molecule has 0 bridgehead atoms. The van der Waals surface area contributed by atoms with E-state index in [9.17, 15) is 0 Å². The molecule has 17 rings (SSSR count). The molecule has 0 aliphatic carbocycles. The van der Waals surface area contributed by atoms with Crippen LogP contribution in [0.25, 0.3) is 133 Å². The topological polar surface area (TPSA) is 98.1 Å². The molecule has 0 aliphatic heterocycles. The maximum absolute atomic E-state index is 8.29. The zero-order chi connectivity index (χ0) is 73.5. The van der Waals surface area contributed by atoms with Gasteiger partial charge in [-0.3, -0.25) is 19.9 Å². The third-order valence-electron chi connectivity index (χ3n) is 18.2. The molecule has 0 saturated heterocycles. The van der Waals surface area contributed by atoms with Gasteiger partial charge < -0.3 is 14.1 Å². The molecule has 8 nitrogen and oxygen atoms in total. The zero-order valence-corrected chi connectivity index (χ0v) is 67.7. The molecule has 534 valence electrons. The Bertz CT molecular complexity index is 5600. The van der Waals surface area contributed by atoms with E-state index in [1.54, 1.807) is 12.1 Å². The van der Waals surface area contributed by atoms with Gasteiger partial charge in [0.05, 0.1) is 39.6 Å². The van der Waals surface area contributed by atoms with Gasteiger partial charge in [0.25, 0.3) is 0 Å². The minimum absolute atomic E-state index is 0. The predicted molar refractivity (Wildman–Crippen MR) is 443 cm³/mol. The van der Waals surface area contributed by atoms with Gasteiger partial charge in [0, 0.05) is 85.0 Å². The number of hydrogen-bond donors (Lipinski definition) is 0. The van der Waals surface area contributed by atoms with E-state index in [2.05, 4.69) is 307 Å². The maximum Gasteiger partial charge on any atom is 2.00 e. The van der Waals surface area contributed by atoms with Gasteiger partial charge >= 0.3 is 56.4 Å². The average molecular weight is 1860 g/mol. The van der Waals surface area contributed by atoms with Crippen molar-refractivity contribution in [3.05, 3.63) is 343 Å². The Labute approximate surface area is 666 Å². The number of halogens is 3. The second-order valence-electron chi connectivity index (χ2n) is 27.3. The summed E-state index contributed by atoms with van der Waals surface area (Å²) in [7, 11) is 9.75. The van der Waals surface area contributed by atoms with Gasteiger partial charge in [-0.25, -0.2) is 0 Å². The summed E-state index contributed by atoms with van der Waals surface area (Å²) in [5.74, 6) is 1.90. The van der Waals surface area contributed by atoms with E-state index in [-0.39, 0.29) is 21.1 Å². The van der Waals surface area contributed by atoms with Gasteiger partial charge in [0.15, 0.2) is 0 Å². The standard InChI is InChI=1S/C36H29N3.C36H27N3.C15H16BrN.C7H5N.2ClH.2Pt/c2*1-24(2)20-25-15-18-33(38-23-25)28-9-5-11-29(21-28)39-34-14-4-3-12-31(34)32-17-16-27(22-35(32)39)30-13-6-8-26-10-7-19-37-36(26)30;1-11(2)8-12-6-7-15(17-10-12)13-4-3-5-14(16)9-13;8-6-7-4-2-1-3-5-7;;;;/h3-19,21-24H,20H2,1-2H3;3-19,23-24H,20H2,1-2H3;3-7,9-11H,8H2,1-2H3;1-5H;2*1H;;/q;-2;;;;;2*+2/p-2. The Hall–Kier alpha value is -10.0. The molecule has 13 heteroatoms. The van der Waals surface area contributed by atoms with Crippen LogP contribution < -0.4 is 0 Å². The van der Waals surface area contributed by atoms with E-state index in [1.165, 1.54) is 43.9 Å². The van der Waals surface area contributed by atoms with E-state index in [0.717, 1.165) is 129 Å². The Morgan fingerprint density at radius 3 is 1.48 bits per heavy atom. The molecule has 0 N–H and O–H groups in total. The first-order valence-corrected chi connectivity index (χ1v) is 41.9. The van der Waals surface area contributed by atoms with Crippen LogP contribution in [-0.2, 0) is 56.8 Å². The maximum atomic E-state index is 8.29. The summed E-state index contributed by atoms with van der Waals surface area (Å²) >= 11 is 3.01. The summed E-state index contributed by atoms with van der Waals surface area (Å²) in [5, 5.41) is 15.4. The van der Waals surface area contributed by atoms with Crippen molar-refractivity contribution in [3.8, 4) is 73.5 Å². The quantitative estimate of drug-likeness (QED) is 0.107. The third kappa shape index (κ3) is 18.5. The summed E-state index contributed by atoms with van der Waals surface area (Å²) in [6.07, 6.45) is 12.9. The predicted octanol–water partition coefficient (Wildman–Crippen LogP) is 25.8. The van der Waals surface area contributed by atoms with Crippen molar-refractivity contribution < 1.29 is 37.5 Å². The van der Waals surface area contributed by atoms with Crippen LogP contribution in [0.2, 0.25) is 0 Å². The SMILES string of the molecule is CC(C)Cc1ccc(-c2[c-]c(-n3c4[c-]c(-c5cccc6cccnc56)ccc4c4ccccc43)ccc2)nc1.CC(C)Cc1ccc(-c2cccc(-n3c4ccccc4c4ccc(-c5cccc6cccnc56)cc43)c2)nc1.CC(C)Cc1ccc(-c2cccc(Br)c2)nc1.N#Cc1ccccc1.[Cl][Pt][Cl].[Pt+2]. The van der Waals surface area contributed by atoms with E-state index in [1.807, 2.05) is 79.5 Å². The summed E-state index contributed by atoms with van der Waals surface area (Å²) in [6, 6.07) is 104. The first-order chi connectivity index (χ1) is 51.8. The van der Waals surface area contributed by atoms with Gasteiger partial charge in [-0.05, 0) is 166 Å². The molecule has 0 saturated carbocycles. The van der Waals surface area contributed by atoms with Crippen LogP contribution in [0.5, 0.6) is 0 Å². The molecule has 0 spiro atoms. The molecule has 0 aliphatic rings. The van der Waals surface area contributed by atoms with Gasteiger partial charge in [-0.15, -0.1) is 53.6 Å². The number of nitrogens with zero attached hydrogens (tertiary/aromatic N) is 8. The fraction of sp³-hybridized carbons (Fsp3) is 0.128. The van der Waals surface area contributed by atoms with Crippen LogP contribution >= 0.6 is 34.8 Å². The largest absolute Gasteiger partial charge is 2.00 e. The summed E-state index contributed by atoms with van der Waals surface area (Å²) < 4.78 is 5.73. The Kier molecular flexibility index (Phi) is 26.2. The molecule has 0 amide bonds. The number of rotatable bonds is 13. The minimum atomic E-state index is -0.472. The second-order valence-corrected chi connectivity index (χ2v) is 31.5. The molecular weight excluding hydrogens is 1780 g/mol. The minimum Gasteiger partial charge on any atom is 2.00 e. The molecule has 107 heavy (non-hydrogen) atoms. The molecule has 17 aromatic rings. The van der Waals surface area contributed by atoms with E-state index in [0.29, 0.717) is 23.3 Å². The Balaban J connectivity index is 0.000000147. The fourth-order valence-corrected chi connectivity index (χ4v) is 14.0. The molecular formula is C94H77BrCl2N8Pt2. The summed E-state index contributed by atoms with van der Waals surface area (Å²) in [5.41, 5.74) is 23.8. The average Bonchev–Trinajstić information content (AvgIpc) is 1.60. The Morgan fingerprint density at radius 1 is 0.411 bits per heavy atom. The first kappa shape index (κ1) is 76.6. The number of fused-ring (bicyclic) bond motifs is 8. The molecule has 0 fully saturated rings.